The van der Waals surface area contributed by atoms with E-state index in [2.05, 4.69) is 51.8 Å². The fraction of sp³-hybridized carbons (Fsp3) is 0.455. The molecule has 210 valence electrons. The van der Waals surface area contributed by atoms with Crippen molar-refractivity contribution in [3.63, 3.8) is 0 Å². The van der Waals surface area contributed by atoms with Gasteiger partial charge in [0.1, 0.15) is 17.4 Å². The number of piperidine rings is 1. The summed E-state index contributed by atoms with van der Waals surface area (Å²) in [4.78, 5) is 8.84. The van der Waals surface area contributed by atoms with E-state index in [1.807, 2.05) is 19.2 Å². The first kappa shape index (κ1) is 26.6. The Morgan fingerprint density at radius 1 is 1.25 bits per heavy atom. The first-order valence-electron chi connectivity index (χ1n) is 14.8. The molecule has 1 saturated heterocycles. The minimum absolute atomic E-state index is 0.285. The van der Waals surface area contributed by atoms with Crippen molar-refractivity contribution in [2.24, 2.45) is 16.1 Å². The maximum Gasteiger partial charge on any atom is 0.135 e. The van der Waals surface area contributed by atoms with Gasteiger partial charge in [-0.2, -0.15) is 0 Å². The Bertz CT molecular complexity index is 1350. The molecule has 5 N–H and O–H groups in total. The number of nitrogens with two attached hydrogens (primary N) is 1. The quantitative estimate of drug-likeness (QED) is 0.313. The van der Waals surface area contributed by atoms with Crippen molar-refractivity contribution in [1.82, 2.24) is 15.6 Å². The van der Waals surface area contributed by atoms with E-state index in [-0.39, 0.29) is 5.82 Å². The standard InChI is InChI=1S/C33H42N6O/c1-22(9-13-36-23(2)34)29-21-38-32(28-10-16-40-31(28)29)37-20-24-5-3-8-26(17-24)30(25-6-4-7-25)39-27-18-33(19-27)11-14-35-15-12-33/h3,5,8-9,13,17,21,27,35,39H,2,4,6-7,10-12,14-16,18-20,34H2,1H3,(H,37,38)/b22-9+,36-13-. The number of hydrogen-bond acceptors (Lipinski definition) is 7. The van der Waals surface area contributed by atoms with E-state index < -0.39 is 0 Å². The number of nitrogens with zero attached hydrogens (tertiary/aromatic N) is 2. The molecular weight excluding hydrogens is 496 g/mol. The third-order valence-corrected chi connectivity index (χ3v) is 9.07. The van der Waals surface area contributed by atoms with Gasteiger partial charge >= 0.3 is 0 Å². The Morgan fingerprint density at radius 2 is 2.08 bits per heavy atom. The number of aliphatic imine (C=N–C) groups is 1. The van der Waals surface area contributed by atoms with Crippen LogP contribution in [-0.2, 0) is 13.0 Å². The average Bonchev–Trinajstić information content (AvgIpc) is 3.40. The monoisotopic (exact) mass is 538 g/mol. The molecule has 1 spiro atoms. The van der Waals surface area contributed by atoms with Crippen LogP contribution >= 0.6 is 0 Å². The van der Waals surface area contributed by atoms with E-state index in [9.17, 15) is 0 Å². The van der Waals surface area contributed by atoms with Crippen LogP contribution in [0.4, 0.5) is 5.82 Å². The van der Waals surface area contributed by atoms with Gasteiger partial charge in [0.2, 0.25) is 0 Å². The number of nitrogens with one attached hydrogen (secondary N) is 3. The second-order valence-electron chi connectivity index (χ2n) is 11.9. The Labute approximate surface area is 238 Å². The molecule has 3 fully saturated rings. The first-order chi connectivity index (χ1) is 19.5. The molecule has 2 saturated carbocycles. The summed E-state index contributed by atoms with van der Waals surface area (Å²) in [5.41, 5.74) is 14.8. The van der Waals surface area contributed by atoms with Gasteiger partial charge in [-0.25, -0.2) is 9.98 Å². The van der Waals surface area contributed by atoms with Crippen molar-refractivity contribution in [2.45, 2.75) is 70.9 Å². The molecule has 0 atom stereocenters. The topological polar surface area (TPSA) is 96.6 Å². The van der Waals surface area contributed by atoms with Crippen LogP contribution in [0.3, 0.4) is 0 Å². The second kappa shape index (κ2) is 11.5. The highest BCUT2D eigenvalue weighted by atomic mass is 16.5. The summed E-state index contributed by atoms with van der Waals surface area (Å²) >= 11 is 0. The molecule has 7 heteroatoms. The lowest BCUT2D eigenvalue weighted by Gasteiger charge is -2.51. The molecule has 3 heterocycles. The van der Waals surface area contributed by atoms with Crippen LogP contribution in [0.5, 0.6) is 5.75 Å². The molecule has 2 aromatic rings. The van der Waals surface area contributed by atoms with E-state index in [4.69, 9.17) is 15.5 Å². The minimum atomic E-state index is 0.285. The molecule has 7 nitrogen and oxygen atoms in total. The normalized spacial score (nSPS) is 20.0. The van der Waals surface area contributed by atoms with Gasteiger partial charge in [-0.1, -0.05) is 24.8 Å². The lowest BCUT2D eigenvalue weighted by molar-refractivity contribution is 0.0533. The van der Waals surface area contributed by atoms with Crippen LogP contribution in [0, 0.1) is 5.41 Å². The van der Waals surface area contributed by atoms with Crippen molar-refractivity contribution < 1.29 is 4.74 Å². The molecule has 1 aromatic carbocycles. The number of ether oxygens (including phenoxy) is 1. The predicted octanol–water partition coefficient (Wildman–Crippen LogP) is 5.55. The molecular formula is C33H42N6O. The number of fused-ring (bicyclic) bond motifs is 1. The van der Waals surface area contributed by atoms with Crippen molar-refractivity contribution in [1.29, 1.82) is 0 Å². The Balaban J connectivity index is 1.14. The zero-order chi connectivity index (χ0) is 27.5. The smallest absolute Gasteiger partial charge is 0.135 e. The molecule has 6 rings (SSSR count). The first-order valence-corrected chi connectivity index (χ1v) is 14.8. The van der Waals surface area contributed by atoms with Crippen molar-refractivity contribution >= 4 is 23.3 Å². The molecule has 0 amide bonds. The van der Waals surface area contributed by atoms with Gasteiger partial charge in [0, 0.05) is 48.2 Å². The highest BCUT2D eigenvalue weighted by Gasteiger charge is 2.44. The number of anilines is 1. The lowest BCUT2D eigenvalue weighted by Crippen LogP contribution is -2.52. The van der Waals surface area contributed by atoms with Gasteiger partial charge in [0.05, 0.1) is 6.61 Å². The number of pyridine rings is 1. The van der Waals surface area contributed by atoms with Crippen LogP contribution in [-0.4, -0.2) is 36.9 Å². The summed E-state index contributed by atoms with van der Waals surface area (Å²) in [5, 5.41) is 11.1. The number of rotatable bonds is 9. The van der Waals surface area contributed by atoms with Crippen molar-refractivity contribution in [3.05, 3.63) is 76.8 Å². The zero-order valence-electron chi connectivity index (χ0n) is 23.7. The fourth-order valence-corrected chi connectivity index (χ4v) is 6.63. The summed E-state index contributed by atoms with van der Waals surface area (Å²) in [6.45, 7) is 9.38. The zero-order valence-corrected chi connectivity index (χ0v) is 23.7. The van der Waals surface area contributed by atoms with Gasteiger partial charge < -0.3 is 26.4 Å². The third-order valence-electron chi connectivity index (χ3n) is 9.07. The van der Waals surface area contributed by atoms with Crippen LogP contribution in [0.1, 0.15) is 74.1 Å². The Kier molecular flexibility index (Phi) is 7.65. The summed E-state index contributed by atoms with van der Waals surface area (Å²) in [6.07, 6.45) is 15.3. The van der Waals surface area contributed by atoms with Crippen molar-refractivity contribution in [3.8, 4) is 5.75 Å². The van der Waals surface area contributed by atoms with E-state index >= 15 is 0 Å². The maximum absolute atomic E-state index is 6.04. The lowest BCUT2D eigenvalue weighted by atomic mass is 9.60. The summed E-state index contributed by atoms with van der Waals surface area (Å²) in [5.74, 6) is 2.09. The second-order valence-corrected chi connectivity index (χ2v) is 11.9. The molecule has 0 bridgehead atoms. The SMILES string of the molecule is C=C(N)/N=C\C=C(/C)c1cnc(NCc2cccc(C(NC3CC4(CCNCC4)C3)=C3CCC3)c2)c2c1OCC2. The molecule has 0 radical (unpaired) electrons. The number of benzene rings is 1. The number of hydrogen-bond donors (Lipinski definition) is 4. The average molecular weight is 539 g/mol. The van der Waals surface area contributed by atoms with Crippen molar-refractivity contribution in [2.75, 3.05) is 25.0 Å². The van der Waals surface area contributed by atoms with Crippen LogP contribution < -0.4 is 26.4 Å². The van der Waals surface area contributed by atoms with E-state index in [1.54, 1.807) is 11.8 Å². The molecule has 1 aromatic heterocycles. The molecule has 40 heavy (non-hydrogen) atoms. The van der Waals surface area contributed by atoms with Crippen LogP contribution in [0.2, 0.25) is 0 Å². The molecule has 0 unspecified atom stereocenters. The van der Waals surface area contributed by atoms with E-state index in [1.165, 1.54) is 74.9 Å². The van der Waals surface area contributed by atoms with E-state index in [0.29, 0.717) is 18.1 Å². The third kappa shape index (κ3) is 5.66. The Hall–Kier alpha value is -3.58. The number of aromatic nitrogens is 1. The van der Waals surface area contributed by atoms with E-state index in [0.717, 1.165) is 41.2 Å². The Morgan fingerprint density at radius 3 is 2.83 bits per heavy atom. The molecule has 2 aliphatic carbocycles. The highest BCUT2D eigenvalue weighted by Crippen LogP contribution is 2.49. The van der Waals surface area contributed by atoms with Crippen LogP contribution in [0.25, 0.3) is 11.3 Å². The fourth-order valence-electron chi connectivity index (χ4n) is 6.63. The molecule has 4 aliphatic rings. The maximum atomic E-state index is 6.04. The van der Waals surface area contributed by atoms with Gasteiger partial charge in [-0.3, -0.25) is 0 Å². The number of allylic oxidation sites excluding steroid dienone is 3. The highest BCUT2D eigenvalue weighted by molar-refractivity contribution is 5.86. The van der Waals surface area contributed by atoms with Gasteiger partial charge in [0.25, 0.3) is 0 Å². The van der Waals surface area contributed by atoms with Crippen LogP contribution in [0.15, 0.2) is 59.5 Å². The van der Waals surface area contributed by atoms with Gasteiger partial charge in [0.15, 0.2) is 0 Å². The minimum Gasteiger partial charge on any atom is -0.492 e. The predicted molar refractivity (Wildman–Crippen MR) is 164 cm³/mol. The molecule has 2 aliphatic heterocycles. The van der Waals surface area contributed by atoms with Gasteiger partial charge in [-0.05, 0) is 105 Å². The van der Waals surface area contributed by atoms with Gasteiger partial charge in [-0.15, -0.1) is 0 Å². The summed E-state index contributed by atoms with van der Waals surface area (Å²) < 4.78 is 6.04. The summed E-state index contributed by atoms with van der Waals surface area (Å²) in [7, 11) is 0. The largest absolute Gasteiger partial charge is 0.492 e. The summed E-state index contributed by atoms with van der Waals surface area (Å²) in [6, 6.07) is 9.62.